The van der Waals surface area contributed by atoms with Crippen LogP contribution in [0.15, 0.2) is 36.7 Å². The molecular weight excluding hydrogens is 234 g/mol. The van der Waals surface area contributed by atoms with Gasteiger partial charge in [-0.1, -0.05) is 38.0 Å². The summed E-state index contributed by atoms with van der Waals surface area (Å²) in [6.45, 7) is 8.30. The third-order valence-electron chi connectivity index (χ3n) is 2.55. The fraction of sp³-hybridized carbons (Fsp3) is 0.375. The molecule has 0 unspecified atom stereocenters. The first-order valence-electron chi connectivity index (χ1n) is 6.67. The van der Waals surface area contributed by atoms with Gasteiger partial charge in [0.05, 0.1) is 0 Å². The highest BCUT2D eigenvalue weighted by atomic mass is 15.2. The molecule has 0 amide bonds. The monoisotopic (exact) mass is 257 g/mol. The van der Waals surface area contributed by atoms with Crippen LogP contribution in [0.5, 0.6) is 0 Å². The molecule has 1 aromatic heterocycles. The van der Waals surface area contributed by atoms with Gasteiger partial charge in [0.2, 0.25) is 0 Å². The summed E-state index contributed by atoms with van der Waals surface area (Å²) in [6.07, 6.45) is 2.84. The molecule has 1 heterocycles. The maximum Gasteiger partial charge on any atom is 0.136 e. The average molecular weight is 257 g/mol. The van der Waals surface area contributed by atoms with Gasteiger partial charge in [-0.15, -0.1) is 0 Å². The van der Waals surface area contributed by atoms with Crippen LogP contribution in [0.1, 0.15) is 31.5 Å². The van der Waals surface area contributed by atoms with Crippen molar-refractivity contribution in [3.05, 3.63) is 47.9 Å². The molecule has 0 aliphatic rings. The summed E-state index contributed by atoms with van der Waals surface area (Å²) in [5.41, 5.74) is 3.36. The maximum absolute atomic E-state index is 4.25. The first-order chi connectivity index (χ1) is 9.08. The predicted octanol–water partition coefficient (Wildman–Crippen LogP) is 4.28. The standard InChI is InChI=1S/C13H15N3.C3H8/c1-10-4-6-12(7-5-10)16(3)13-8-11(2)14-9-15-13;1-3-2/h4-9H,1-3H3;3H2,1-2H3. The normalized spacial score (nSPS) is 9.53. The lowest BCUT2D eigenvalue weighted by atomic mass is 10.2. The Morgan fingerprint density at radius 1 is 1.00 bits per heavy atom. The SMILES string of the molecule is CCC.Cc1ccc(N(C)c2cc(C)ncn2)cc1. The molecule has 2 rings (SSSR count). The van der Waals surface area contributed by atoms with Gasteiger partial charge in [-0.25, -0.2) is 9.97 Å². The van der Waals surface area contributed by atoms with Crippen LogP contribution < -0.4 is 4.90 Å². The molecular formula is C16H23N3. The van der Waals surface area contributed by atoms with Crippen molar-refractivity contribution in [3.63, 3.8) is 0 Å². The number of aromatic nitrogens is 2. The molecule has 0 atom stereocenters. The van der Waals surface area contributed by atoms with Crippen LogP contribution in [0, 0.1) is 13.8 Å². The highest BCUT2D eigenvalue weighted by Gasteiger charge is 2.04. The van der Waals surface area contributed by atoms with E-state index in [0.29, 0.717) is 0 Å². The van der Waals surface area contributed by atoms with Crippen LogP contribution in [-0.4, -0.2) is 17.0 Å². The quantitative estimate of drug-likeness (QED) is 0.804. The van der Waals surface area contributed by atoms with Gasteiger partial charge >= 0.3 is 0 Å². The van der Waals surface area contributed by atoms with Gasteiger partial charge in [-0.05, 0) is 26.0 Å². The van der Waals surface area contributed by atoms with Crippen LogP contribution in [-0.2, 0) is 0 Å². The number of aryl methyl sites for hydroxylation is 2. The molecule has 0 bridgehead atoms. The van der Waals surface area contributed by atoms with Gasteiger partial charge in [-0.3, -0.25) is 0 Å². The molecule has 0 aliphatic heterocycles. The maximum atomic E-state index is 4.25. The summed E-state index contributed by atoms with van der Waals surface area (Å²) < 4.78 is 0. The first kappa shape index (κ1) is 15.2. The zero-order valence-corrected chi connectivity index (χ0v) is 12.5. The van der Waals surface area contributed by atoms with Crippen molar-refractivity contribution in [1.29, 1.82) is 0 Å². The topological polar surface area (TPSA) is 29.0 Å². The Kier molecular flexibility index (Phi) is 6.00. The Bertz CT molecular complexity index is 492. The molecule has 0 saturated heterocycles. The molecule has 0 aliphatic carbocycles. The summed E-state index contributed by atoms with van der Waals surface area (Å²) in [5, 5.41) is 0. The Morgan fingerprint density at radius 3 is 2.11 bits per heavy atom. The number of benzene rings is 1. The van der Waals surface area contributed by atoms with Crippen LogP contribution in [0.25, 0.3) is 0 Å². The van der Waals surface area contributed by atoms with Gasteiger partial charge in [-0.2, -0.15) is 0 Å². The Morgan fingerprint density at radius 2 is 1.58 bits per heavy atom. The summed E-state index contributed by atoms with van der Waals surface area (Å²) in [4.78, 5) is 10.4. The summed E-state index contributed by atoms with van der Waals surface area (Å²) in [5.74, 6) is 0.913. The smallest absolute Gasteiger partial charge is 0.136 e. The van der Waals surface area contributed by atoms with Crippen molar-refractivity contribution in [2.24, 2.45) is 0 Å². The van der Waals surface area contributed by atoms with Crippen LogP contribution in [0.3, 0.4) is 0 Å². The minimum Gasteiger partial charge on any atom is -0.329 e. The van der Waals surface area contributed by atoms with Gasteiger partial charge in [0.1, 0.15) is 12.1 Å². The molecule has 2 aromatic rings. The number of hydrogen-bond donors (Lipinski definition) is 0. The minimum absolute atomic E-state index is 0.913. The van der Waals surface area contributed by atoms with E-state index in [0.717, 1.165) is 17.2 Å². The third-order valence-corrected chi connectivity index (χ3v) is 2.55. The van der Waals surface area contributed by atoms with Crippen molar-refractivity contribution < 1.29 is 0 Å². The van der Waals surface area contributed by atoms with E-state index >= 15 is 0 Å². The fourth-order valence-corrected chi connectivity index (χ4v) is 1.52. The number of nitrogens with zero attached hydrogens (tertiary/aromatic N) is 3. The lowest BCUT2D eigenvalue weighted by Crippen LogP contribution is -2.11. The molecule has 102 valence electrons. The van der Waals surface area contributed by atoms with Crippen molar-refractivity contribution in [2.75, 3.05) is 11.9 Å². The van der Waals surface area contributed by atoms with Gasteiger partial charge < -0.3 is 4.90 Å². The number of anilines is 2. The van der Waals surface area contributed by atoms with E-state index in [4.69, 9.17) is 0 Å². The zero-order valence-electron chi connectivity index (χ0n) is 12.5. The Hall–Kier alpha value is -1.90. The lowest BCUT2D eigenvalue weighted by Gasteiger charge is -2.18. The molecule has 0 N–H and O–H groups in total. The van der Waals surface area contributed by atoms with Crippen molar-refractivity contribution in [1.82, 2.24) is 9.97 Å². The first-order valence-corrected chi connectivity index (χ1v) is 6.67. The Labute approximate surface area is 116 Å². The second kappa shape index (κ2) is 7.52. The third kappa shape index (κ3) is 4.70. The van der Waals surface area contributed by atoms with Crippen LogP contribution >= 0.6 is 0 Å². The number of hydrogen-bond acceptors (Lipinski definition) is 3. The molecule has 1 aromatic carbocycles. The van der Waals surface area contributed by atoms with E-state index in [1.807, 2.05) is 24.9 Å². The molecule has 0 saturated carbocycles. The molecule has 0 fully saturated rings. The van der Waals surface area contributed by atoms with Gasteiger partial charge in [0, 0.05) is 24.5 Å². The number of rotatable bonds is 2. The zero-order chi connectivity index (χ0) is 14.3. The van der Waals surface area contributed by atoms with Crippen molar-refractivity contribution in [2.45, 2.75) is 34.1 Å². The fourth-order valence-electron chi connectivity index (χ4n) is 1.52. The molecule has 3 nitrogen and oxygen atoms in total. The van der Waals surface area contributed by atoms with Crippen molar-refractivity contribution in [3.8, 4) is 0 Å². The highest BCUT2D eigenvalue weighted by Crippen LogP contribution is 2.21. The van der Waals surface area contributed by atoms with E-state index in [1.54, 1.807) is 6.33 Å². The largest absolute Gasteiger partial charge is 0.329 e. The second-order valence-corrected chi connectivity index (χ2v) is 4.62. The summed E-state index contributed by atoms with van der Waals surface area (Å²) in [7, 11) is 2.01. The molecule has 0 spiro atoms. The van der Waals surface area contributed by atoms with Crippen molar-refractivity contribution >= 4 is 11.5 Å². The van der Waals surface area contributed by atoms with Gasteiger partial charge in [0.25, 0.3) is 0 Å². The van der Waals surface area contributed by atoms with E-state index in [9.17, 15) is 0 Å². The molecule has 3 heteroatoms. The molecule has 0 radical (unpaired) electrons. The average Bonchev–Trinajstić information content (AvgIpc) is 2.40. The highest BCUT2D eigenvalue weighted by molar-refractivity contribution is 5.59. The van der Waals surface area contributed by atoms with E-state index < -0.39 is 0 Å². The predicted molar refractivity (Wildman–Crippen MR) is 82.0 cm³/mol. The summed E-state index contributed by atoms with van der Waals surface area (Å²) in [6, 6.07) is 10.3. The summed E-state index contributed by atoms with van der Waals surface area (Å²) >= 11 is 0. The van der Waals surface area contributed by atoms with E-state index in [-0.39, 0.29) is 0 Å². The van der Waals surface area contributed by atoms with E-state index in [2.05, 4.69) is 55.0 Å². The van der Waals surface area contributed by atoms with Crippen LogP contribution in [0.4, 0.5) is 11.5 Å². The second-order valence-electron chi connectivity index (χ2n) is 4.62. The molecule has 19 heavy (non-hydrogen) atoms. The van der Waals surface area contributed by atoms with Gasteiger partial charge in [0.15, 0.2) is 0 Å². The lowest BCUT2D eigenvalue weighted by molar-refractivity contribution is 1.05. The Balaban J connectivity index is 0.000000550. The van der Waals surface area contributed by atoms with Crippen LogP contribution in [0.2, 0.25) is 0 Å². The minimum atomic E-state index is 0.913. The van der Waals surface area contributed by atoms with E-state index in [1.165, 1.54) is 12.0 Å².